The Labute approximate surface area is 164 Å². The Morgan fingerprint density at radius 3 is 2.52 bits per heavy atom. The molecule has 0 bridgehead atoms. The summed E-state index contributed by atoms with van der Waals surface area (Å²) >= 11 is 3.21. The SMILES string of the molecule is O=C(OCC(=O)N1CCN(c2ccccc2F)CC1)c1cc(Br)ccc1O. The van der Waals surface area contributed by atoms with E-state index in [9.17, 15) is 19.1 Å². The first-order valence-corrected chi connectivity index (χ1v) is 9.18. The minimum atomic E-state index is -0.771. The van der Waals surface area contributed by atoms with Gasteiger partial charge in [-0.15, -0.1) is 0 Å². The van der Waals surface area contributed by atoms with Gasteiger partial charge in [0.2, 0.25) is 0 Å². The van der Waals surface area contributed by atoms with E-state index in [1.807, 2.05) is 4.90 Å². The lowest BCUT2D eigenvalue weighted by Crippen LogP contribution is -2.50. The second-order valence-corrected chi connectivity index (χ2v) is 6.97. The van der Waals surface area contributed by atoms with Crippen LogP contribution in [0.15, 0.2) is 46.9 Å². The van der Waals surface area contributed by atoms with Crippen molar-refractivity contribution < 1.29 is 23.8 Å². The highest BCUT2D eigenvalue weighted by Gasteiger charge is 2.24. The van der Waals surface area contributed by atoms with E-state index in [4.69, 9.17) is 4.74 Å². The fourth-order valence-electron chi connectivity index (χ4n) is 2.87. The molecule has 1 amide bonds. The van der Waals surface area contributed by atoms with Crippen LogP contribution in [0.3, 0.4) is 0 Å². The second-order valence-electron chi connectivity index (χ2n) is 6.06. The molecule has 0 aromatic heterocycles. The van der Waals surface area contributed by atoms with Crippen molar-refractivity contribution >= 4 is 33.5 Å². The highest BCUT2D eigenvalue weighted by atomic mass is 79.9. The minimum absolute atomic E-state index is 0.0125. The van der Waals surface area contributed by atoms with Crippen LogP contribution in [0.25, 0.3) is 0 Å². The van der Waals surface area contributed by atoms with Crippen LogP contribution in [0.1, 0.15) is 10.4 Å². The van der Waals surface area contributed by atoms with E-state index in [0.717, 1.165) is 0 Å². The van der Waals surface area contributed by atoms with Crippen LogP contribution in [0.5, 0.6) is 5.75 Å². The van der Waals surface area contributed by atoms with Crippen LogP contribution in [-0.4, -0.2) is 54.7 Å². The molecule has 1 saturated heterocycles. The number of halogens is 2. The summed E-state index contributed by atoms with van der Waals surface area (Å²) in [4.78, 5) is 27.8. The van der Waals surface area contributed by atoms with Crippen molar-refractivity contribution in [3.05, 3.63) is 58.3 Å². The molecule has 1 aliphatic rings. The molecule has 1 fully saturated rings. The van der Waals surface area contributed by atoms with E-state index in [1.165, 1.54) is 18.2 Å². The zero-order valence-corrected chi connectivity index (χ0v) is 16.0. The zero-order chi connectivity index (χ0) is 19.4. The van der Waals surface area contributed by atoms with Gasteiger partial charge in [0.25, 0.3) is 5.91 Å². The number of piperazine rings is 1. The van der Waals surface area contributed by atoms with Crippen LogP contribution < -0.4 is 4.90 Å². The molecule has 0 unspecified atom stereocenters. The third kappa shape index (κ3) is 4.57. The Morgan fingerprint density at radius 2 is 1.81 bits per heavy atom. The lowest BCUT2D eigenvalue weighted by Gasteiger charge is -2.36. The Kier molecular flexibility index (Phi) is 5.95. The van der Waals surface area contributed by atoms with Crippen molar-refractivity contribution in [2.75, 3.05) is 37.7 Å². The number of nitrogens with zero attached hydrogens (tertiary/aromatic N) is 2. The largest absolute Gasteiger partial charge is 0.507 e. The van der Waals surface area contributed by atoms with Crippen molar-refractivity contribution in [1.82, 2.24) is 4.90 Å². The van der Waals surface area contributed by atoms with E-state index >= 15 is 0 Å². The first-order chi connectivity index (χ1) is 13.0. The number of aromatic hydroxyl groups is 1. The number of phenolic OH excluding ortho intramolecular Hbond substituents is 1. The third-order valence-corrected chi connectivity index (χ3v) is 4.82. The molecule has 27 heavy (non-hydrogen) atoms. The van der Waals surface area contributed by atoms with Crippen molar-refractivity contribution in [2.45, 2.75) is 0 Å². The Hall–Kier alpha value is -2.61. The molecule has 142 valence electrons. The minimum Gasteiger partial charge on any atom is -0.507 e. The van der Waals surface area contributed by atoms with Crippen molar-refractivity contribution in [3.8, 4) is 5.75 Å². The maximum Gasteiger partial charge on any atom is 0.342 e. The Balaban J connectivity index is 1.52. The fraction of sp³-hybridized carbons (Fsp3) is 0.263. The molecule has 2 aromatic rings. The van der Waals surface area contributed by atoms with Gasteiger partial charge in [-0.2, -0.15) is 0 Å². The first-order valence-electron chi connectivity index (χ1n) is 8.38. The van der Waals surface area contributed by atoms with E-state index < -0.39 is 12.6 Å². The molecule has 3 rings (SSSR count). The number of hydrogen-bond donors (Lipinski definition) is 1. The normalized spacial score (nSPS) is 14.1. The summed E-state index contributed by atoms with van der Waals surface area (Å²) in [5.74, 6) is -1.60. The number of ether oxygens (including phenoxy) is 1. The predicted molar refractivity (Wildman–Crippen MR) is 101 cm³/mol. The van der Waals surface area contributed by atoms with Crippen LogP contribution in [0, 0.1) is 5.82 Å². The van der Waals surface area contributed by atoms with Crippen molar-refractivity contribution in [2.24, 2.45) is 0 Å². The van der Waals surface area contributed by atoms with Gasteiger partial charge in [0.05, 0.1) is 5.69 Å². The topological polar surface area (TPSA) is 70.1 Å². The fourth-order valence-corrected chi connectivity index (χ4v) is 3.23. The van der Waals surface area contributed by atoms with Crippen LogP contribution in [0.4, 0.5) is 10.1 Å². The number of para-hydroxylation sites is 1. The van der Waals surface area contributed by atoms with Gasteiger partial charge in [-0.3, -0.25) is 4.79 Å². The standard InChI is InChI=1S/C19H18BrFN2O4/c20-13-5-6-17(24)14(11-13)19(26)27-12-18(25)23-9-7-22(8-10-23)16-4-2-1-3-15(16)21/h1-6,11,24H,7-10,12H2. The Morgan fingerprint density at radius 1 is 1.11 bits per heavy atom. The molecule has 1 N–H and O–H groups in total. The molecule has 1 heterocycles. The average molecular weight is 437 g/mol. The summed E-state index contributed by atoms with van der Waals surface area (Å²) < 4.78 is 19.5. The van der Waals surface area contributed by atoms with Crippen LogP contribution in [-0.2, 0) is 9.53 Å². The summed E-state index contributed by atoms with van der Waals surface area (Å²) in [6.45, 7) is 1.39. The summed E-state index contributed by atoms with van der Waals surface area (Å²) in [5, 5.41) is 9.73. The molecule has 0 saturated carbocycles. The van der Waals surface area contributed by atoms with Gasteiger partial charge in [0, 0.05) is 30.7 Å². The molecule has 0 aliphatic carbocycles. The monoisotopic (exact) mass is 436 g/mol. The third-order valence-electron chi connectivity index (χ3n) is 4.33. The molecule has 0 spiro atoms. The molecular weight excluding hydrogens is 419 g/mol. The predicted octanol–water partition coefficient (Wildman–Crippen LogP) is 2.80. The maximum absolute atomic E-state index is 13.9. The van der Waals surface area contributed by atoms with E-state index in [0.29, 0.717) is 36.3 Å². The number of rotatable bonds is 4. The van der Waals surface area contributed by atoms with Gasteiger partial charge in [-0.05, 0) is 30.3 Å². The van der Waals surface area contributed by atoms with E-state index in [-0.39, 0.29) is 23.0 Å². The molecule has 6 nitrogen and oxygen atoms in total. The summed E-state index contributed by atoms with van der Waals surface area (Å²) in [7, 11) is 0. The first kappa shape index (κ1) is 19.2. The summed E-state index contributed by atoms with van der Waals surface area (Å²) in [5.41, 5.74) is 0.503. The average Bonchev–Trinajstić information content (AvgIpc) is 2.68. The quantitative estimate of drug-likeness (QED) is 0.746. The van der Waals surface area contributed by atoms with Gasteiger partial charge >= 0.3 is 5.97 Å². The number of phenols is 1. The highest BCUT2D eigenvalue weighted by molar-refractivity contribution is 9.10. The summed E-state index contributed by atoms with van der Waals surface area (Å²) in [6.07, 6.45) is 0. The molecule has 2 aromatic carbocycles. The highest BCUT2D eigenvalue weighted by Crippen LogP contribution is 2.23. The van der Waals surface area contributed by atoms with Crippen molar-refractivity contribution in [1.29, 1.82) is 0 Å². The maximum atomic E-state index is 13.9. The second kappa shape index (κ2) is 8.39. The molecule has 1 aliphatic heterocycles. The number of hydrogen-bond acceptors (Lipinski definition) is 5. The molecular formula is C19H18BrFN2O4. The number of benzene rings is 2. The van der Waals surface area contributed by atoms with Crippen molar-refractivity contribution in [3.63, 3.8) is 0 Å². The van der Waals surface area contributed by atoms with Gasteiger partial charge in [0.1, 0.15) is 17.1 Å². The molecule has 8 heteroatoms. The van der Waals surface area contributed by atoms with Gasteiger partial charge < -0.3 is 19.6 Å². The van der Waals surface area contributed by atoms with E-state index in [2.05, 4.69) is 15.9 Å². The van der Waals surface area contributed by atoms with Crippen LogP contribution in [0.2, 0.25) is 0 Å². The number of carbonyl (C=O) groups is 2. The number of esters is 1. The molecule has 0 radical (unpaired) electrons. The van der Waals surface area contributed by atoms with E-state index in [1.54, 1.807) is 29.2 Å². The summed E-state index contributed by atoms with van der Waals surface area (Å²) in [6, 6.07) is 10.9. The number of anilines is 1. The smallest absolute Gasteiger partial charge is 0.342 e. The number of amides is 1. The molecule has 0 atom stereocenters. The zero-order valence-electron chi connectivity index (χ0n) is 14.4. The van der Waals surface area contributed by atoms with Gasteiger partial charge in [0.15, 0.2) is 6.61 Å². The van der Waals surface area contributed by atoms with Crippen LogP contribution >= 0.6 is 15.9 Å². The lowest BCUT2D eigenvalue weighted by molar-refractivity contribution is -0.134. The van der Waals surface area contributed by atoms with Gasteiger partial charge in [-0.25, -0.2) is 9.18 Å². The Bertz CT molecular complexity index is 853. The lowest BCUT2D eigenvalue weighted by atomic mass is 10.2. The number of carbonyl (C=O) groups excluding carboxylic acids is 2. The van der Waals surface area contributed by atoms with Gasteiger partial charge in [-0.1, -0.05) is 28.1 Å².